The van der Waals surface area contributed by atoms with Crippen LogP contribution in [0.5, 0.6) is 0 Å². The van der Waals surface area contributed by atoms with Crippen molar-refractivity contribution in [1.29, 1.82) is 0 Å². The first-order valence-electron chi connectivity index (χ1n) is 28.8. The normalized spacial score (nSPS) is 17.8. The van der Waals surface area contributed by atoms with Crippen LogP contribution in [0.4, 0.5) is 51.2 Å². The molecule has 4 aliphatic rings. The summed E-state index contributed by atoms with van der Waals surface area (Å²) in [7, 11) is 0. The van der Waals surface area contributed by atoms with Gasteiger partial charge in [-0.1, -0.05) is 178 Å². The molecule has 77 heavy (non-hydrogen) atoms. The van der Waals surface area contributed by atoms with Crippen molar-refractivity contribution in [2.24, 2.45) is 0 Å². The van der Waals surface area contributed by atoms with Crippen LogP contribution in [-0.2, 0) is 37.9 Å². The van der Waals surface area contributed by atoms with Crippen LogP contribution in [0.3, 0.4) is 0 Å². The number of benzene rings is 7. The summed E-state index contributed by atoms with van der Waals surface area (Å²) >= 11 is 0. The highest BCUT2D eigenvalue weighted by Crippen LogP contribution is 2.55. The lowest BCUT2D eigenvalue weighted by atomic mass is 9.35. The van der Waals surface area contributed by atoms with E-state index in [0.717, 1.165) is 59.7 Å². The minimum absolute atomic E-state index is 0.00279. The Balaban J connectivity index is 1.27. The summed E-state index contributed by atoms with van der Waals surface area (Å²) in [4.78, 5) is 7.77. The summed E-state index contributed by atoms with van der Waals surface area (Å²) in [6, 6.07) is 54.3. The van der Waals surface area contributed by atoms with Gasteiger partial charge in [-0.25, -0.2) is 0 Å². The third kappa shape index (κ3) is 8.30. The molecule has 2 aliphatic heterocycles. The van der Waals surface area contributed by atoms with Crippen LogP contribution >= 0.6 is 0 Å². The largest absolute Gasteiger partial charge is 0.468 e. The number of rotatable bonds is 5. The molecule has 5 heteroatoms. The molecular formula is C72H82BN3O. The second-order valence-corrected chi connectivity index (χ2v) is 29.3. The van der Waals surface area contributed by atoms with Crippen molar-refractivity contribution < 1.29 is 4.42 Å². The average molecular weight is 1020 g/mol. The fourth-order valence-corrected chi connectivity index (χ4v) is 13.6. The van der Waals surface area contributed by atoms with Gasteiger partial charge in [0.05, 0.1) is 17.0 Å². The van der Waals surface area contributed by atoms with Gasteiger partial charge in [-0.05, 0) is 192 Å². The Bertz CT molecular complexity index is 3590. The van der Waals surface area contributed by atoms with E-state index >= 15 is 0 Å². The number of nitrogens with zero attached hydrogens (tertiary/aromatic N) is 3. The van der Waals surface area contributed by atoms with Crippen LogP contribution < -0.4 is 31.3 Å². The molecule has 0 N–H and O–H groups in total. The van der Waals surface area contributed by atoms with Gasteiger partial charge in [0.15, 0.2) is 0 Å². The smallest absolute Gasteiger partial charge is 0.297 e. The van der Waals surface area contributed by atoms with Gasteiger partial charge in [-0.15, -0.1) is 0 Å². The minimum Gasteiger partial charge on any atom is -0.468 e. The Kier molecular flexibility index (Phi) is 11.3. The number of para-hydroxylation sites is 2. The first-order valence-corrected chi connectivity index (χ1v) is 28.8. The Morgan fingerprint density at radius 3 is 1.45 bits per heavy atom. The summed E-state index contributed by atoms with van der Waals surface area (Å²) in [6.07, 6.45) is 4.57. The first kappa shape index (κ1) is 51.3. The lowest BCUT2D eigenvalue weighted by Crippen LogP contribution is -2.61. The molecule has 0 spiro atoms. The topological polar surface area (TPSA) is 22.9 Å². The van der Waals surface area contributed by atoms with Gasteiger partial charge in [0, 0.05) is 45.2 Å². The molecule has 1 aromatic heterocycles. The summed E-state index contributed by atoms with van der Waals surface area (Å²) < 4.78 is 7.77. The van der Waals surface area contributed by atoms with Crippen LogP contribution in [0.15, 0.2) is 144 Å². The van der Waals surface area contributed by atoms with Crippen LogP contribution in [-0.4, -0.2) is 6.71 Å². The van der Waals surface area contributed by atoms with E-state index in [9.17, 15) is 0 Å². The average Bonchev–Trinajstić information content (AvgIpc) is 3.95. The number of hydrogen-bond acceptors (Lipinski definition) is 4. The van der Waals surface area contributed by atoms with Crippen molar-refractivity contribution in [3.05, 3.63) is 178 Å². The number of fused-ring (bicyclic) bond motifs is 8. The highest BCUT2D eigenvalue weighted by Gasteiger charge is 2.49. The molecule has 8 aromatic rings. The zero-order valence-corrected chi connectivity index (χ0v) is 49.4. The zero-order valence-electron chi connectivity index (χ0n) is 49.4. The molecule has 4 nitrogen and oxygen atoms in total. The van der Waals surface area contributed by atoms with Crippen LogP contribution in [0.1, 0.15) is 182 Å². The van der Waals surface area contributed by atoms with E-state index in [1.165, 1.54) is 83.7 Å². The highest BCUT2D eigenvalue weighted by molar-refractivity contribution is 7.00. The maximum absolute atomic E-state index is 7.77. The molecule has 0 fully saturated rings. The van der Waals surface area contributed by atoms with Crippen molar-refractivity contribution in [3.63, 3.8) is 0 Å². The quantitative estimate of drug-likeness (QED) is 0.160. The summed E-state index contributed by atoms with van der Waals surface area (Å²) in [5.41, 5.74) is 24.4. The molecule has 3 heterocycles. The van der Waals surface area contributed by atoms with E-state index in [2.05, 4.69) is 272 Å². The third-order valence-electron chi connectivity index (χ3n) is 18.8. The van der Waals surface area contributed by atoms with Gasteiger partial charge in [-0.2, -0.15) is 0 Å². The third-order valence-corrected chi connectivity index (χ3v) is 18.8. The van der Waals surface area contributed by atoms with Crippen LogP contribution in [0.25, 0.3) is 11.0 Å². The summed E-state index contributed by atoms with van der Waals surface area (Å²) in [5.74, 6) is 0. The predicted molar refractivity (Wildman–Crippen MR) is 332 cm³/mol. The van der Waals surface area contributed by atoms with Gasteiger partial charge < -0.3 is 19.1 Å². The lowest BCUT2D eigenvalue weighted by molar-refractivity contribution is 0.332. The van der Waals surface area contributed by atoms with Gasteiger partial charge in [0.2, 0.25) is 0 Å². The van der Waals surface area contributed by atoms with Crippen LogP contribution in [0, 0.1) is 0 Å². The van der Waals surface area contributed by atoms with Gasteiger partial charge in [0.1, 0.15) is 5.58 Å². The van der Waals surface area contributed by atoms with Crippen molar-refractivity contribution >= 4 is 85.5 Å². The molecular weight excluding hydrogens is 934 g/mol. The number of anilines is 9. The maximum Gasteiger partial charge on any atom is 0.297 e. The van der Waals surface area contributed by atoms with Crippen LogP contribution in [0.2, 0.25) is 0 Å². The second kappa shape index (κ2) is 17.0. The van der Waals surface area contributed by atoms with Crippen molar-refractivity contribution in [2.75, 3.05) is 14.7 Å². The monoisotopic (exact) mass is 1020 g/mol. The number of furan rings is 1. The number of hydrogen-bond donors (Lipinski definition) is 0. The maximum atomic E-state index is 7.77. The Hall–Kier alpha value is -6.46. The van der Waals surface area contributed by atoms with E-state index in [4.69, 9.17) is 4.42 Å². The van der Waals surface area contributed by atoms with Gasteiger partial charge in [-0.3, -0.25) is 0 Å². The van der Waals surface area contributed by atoms with Gasteiger partial charge in [0.25, 0.3) is 6.71 Å². The Labute approximate surface area is 462 Å². The van der Waals surface area contributed by atoms with Crippen molar-refractivity contribution in [1.82, 2.24) is 0 Å². The molecule has 0 saturated heterocycles. The molecule has 0 atom stereocenters. The fraction of sp³-hybridized carbons (Fsp3) is 0.389. The SMILES string of the molecule is CC(C)(C)c1cc(N2c3cc(C(C)(C)C)ccc3B3c4oc5cc6c(cc5c4N(c4ccc5c(c4)C(C)(C)CCC5(C)C)c4cc(N(c5ccccc5)c5ccccc5)cc2c43)C(C)(C)CCC6(C)C)cc(C(C)(C)C)c1. The molecule has 7 aromatic carbocycles. The molecule has 0 bridgehead atoms. The first-order chi connectivity index (χ1) is 36.0. The summed E-state index contributed by atoms with van der Waals surface area (Å²) in [6.45, 7) is 40.6. The standard InChI is InChI=1S/C72H82BN3O/c1-66(2,3)45-28-31-58-59(39-45)75(51-37-46(67(4,5)6)36-47(38-51)68(7,8)9)60-41-52(74(48-24-20-18-21-25-48)49-26-22-19-23-27-49)42-61-63(60)73(58)65-64(53-43-56-57(44-62(53)77-65)72(16,17)35-34-71(56,14)15)76(61)50-29-30-54-55(40-50)70(12,13)33-32-69(54,10)11/h18-31,36-44H,32-35H2,1-17H3. The van der Waals surface area contributed by atoms with E-state index in [1.807, 2.05) is 0 Å². The predicted octanol–water partition coefficient (Wildman–Crippen LogP) is 18.6. The van der Waals surface area contributed by atoms with E-state index in [1.54, 1.807) is 0 Å². The van der Waals surface area contributed by atoms with E-state index < -0.39 is 0 Å². The second-order valence-electron chi connectivity index (χ2n) is 29.3. The molecule has 394 valence electrons. The molecule has 0 saturated carbocycles. The van der Waals surface area contributed by atoms with E-state index in [-0.39, 0.29) is 44.6 Å². The molecule has 0 radical (unpaired) electrons. The van der Waals surface area contributed by atoms with Crippen molar-refractivity contribution in [2.45, 2.75) is 181 Å². The zero-order chi connectivity index (χ0) is 54.7. The molecule has 2 aliphatic carbocycles. The summed E-state index contributed by atoms with van der Waals surface area (Å²) in [5, 5.41) is 1.19. The lowest BCUT2D eigenvalue weighted by Gasteiger charge is -2.45. The molecule has 0 amide bonds. The Morgan fingerprint density at radius 2 is 0.922 bits per heavy atom. The molecule has 12 rings (SSSR count). The molecule has 0 unspecified atom stereocenters. The highest BCUT2D eigenvalue weighted by atomic mass is 16.3. The fourth-order valence-electron chi connectivity index (χ4n) is 13.6. The minimum atomic E-state index is -0.200. The van der Waals surface area contributed by atoms with E-state index in [0.29, 0.717) is 0 Å². The Morgan fingerprint density at radius 1 is 0.429 bits per heavy atom. The van der Waals surface area contributed by atoms with Crippen molar-refractivity contribution in [3.8, 4) is 0 Å². The van der Waals surface area contributed by atoms with Gasteiger partial charge >= 0.3 is 0 Å².